The van der Waals surface area contributed by atoms with Crippen molar-refractivity contribution in [1.82, 2.24) is 9.97 Å². The Kier molecular flexibility index (Phi) is 5.39. The van der Waals surface area contributed by atoms with Crippen LogP contribution in [0.5, 0.6) is 0 Å². The molecule has 0 aliphatic carbocycles. The number of anilines is 1. The molecule has 1 aliphatic rings. The van der Waals surface area contributed by atoms with E-state index in [0.29, 0.717) is 12.4 Å². The summed E-state index contributed by atoms with van der Waals surface area (Å²) >= 11 is 3.40. The first kappa shape index (κ1) is 18.7. The number of rotatable bonds is 6. The number of benzene rings is 1. The fraction of sp³-hybridized carbons (Fsp3) is 0.429. The number of hydrogen-bond acceptors (Lipinski definition) is 6. The lowest BCUT2D eigenvalue weighted by Crippen LogP contribution is -2.33. The predicted octanol–water partition coefficient (Wildman–Crippen LogP) is 5.24. The average Bonchev–Trinajstić information content (AvgIpc) is 3.04. The summed E-state index contributed by atoms with van der Waals surface area (Å²) in [5.41, 5.74) is 8.91. The largest absolute Gasteiger partial charge is 0.383 e. The van der Waals surface area contributed by atoms with Gasteiger partial charge in [-0.1, -0.05) is 49.0 Å². The fourth-order valence-electron chi connectivity index (χ4n) is 3.46. The minimum atomic E-state index is -0.113. The fourth-order valence-corrected chi connectivity index (χ4v) is 5.41. The molecule has 0 bridgehead atoms. The quantitative estimate of drug-likeness (QED) is 0.349. The van der Waals surface area contributed by atoms with E-state index < -0.39 is 0 Å². The monoisotopic (exact) mass is 399 g/mol. The summed E-state index contributed by atoms with van der Waals surface area (Å²) in [5.74, 6) is 1.60. The van der Waals surface area contributed by atoms with E-state index in [0.717, 1.165) is 46.8 Å². The Morgan fingerprint density at radius 1 is 1.26 bits per heavy atom. The van der Waals surface area contributed by atoms with Crippen molar-refractivity contribution in [2.24, 2.45) is 0 Å². The van der Waals surface area contributed by atoms with Crippen LogP contribution in [-0.2, 0) is 24.2 Å². The molecule has 6 heteroatoms. The number of aromatic nitrogens is 2. The number of nitrogens with zero attached hydrogens (tertiary/aromatic N) is 2. The summed E-state index contributed by atoms with van der Waals surface area (Å²) in [7, 11) is 0. The Morgan fingerprint density at radius 2 is 2.07 bits per heavy atom. The van der Waals surface area contributed by atoms with E-state index in [2.05, 4.69) is 49.2 Å². The maximum Gasteiger partial charge on any atom is 0.190 e. The second-order valence-electron chi connectivity index (χ2n) is 7.28. The predicted molar refractivity (Wildman–Crippen MR) is 115 cm³/mol. The van der Waals surface area contributed by atoms with Crippen molar-refractivity contribution in [3.63, 3.8) is 0 Å². The Bertz CT molecular complexity index is 941. The third kappa shape index (κ3) is 3.98. The third-order valence-corrected chi connectivity index (χ3v) is 7.31. The normalized spacial score (nSPS) is 19.3. The van der Waals surface area contributed by atoms with Gasteiger partial charge in [0, 0.05) is 17.1 Å². The van der Waals surface area contributed by atoms with E-state index in [9.17, 15) is 0 Å². The number of thiophene rings is 1. The highest BCUT2D eigenvalue weighted by Gasteiger charge is 2.32. The zero-order valence-electron chi connectivity index (χ0n) is 15.8. The van der Waals surface area contributed by atoms with Crippen LogP contribution in [0.15, 0.2) is 35.5 Å². The van der Waals surface area contributed by atoms with Crippen LogP contribution < -0.4 is 5.73 Å². The lowest BCUT2D eigenvalue weighted by atomic mass is 9.90. The molecule has 2 N–H and O–H groups in total. The van der Waals surface area contributed by atoms with Crippen molar-refractivity contribution >= 4 is 39.1 Å². The van der Waals surface area contributed by atoms with E-state index in [4.69, 9.17) is 15.5 Å². The highest BCUT2D eigenvalue weighted by Crippen LogP contribution is 2.41. The number of aryl methyl sites for hydroxylation is 1. The molecule has 0 saturated carbocycles. The van der Waals surface area contributed by atoms with Gasteiger partial charge in [-0.15, -0.1) is 11.3 Å². The van der Waals surface area contributed by atoms with E-state index in [1.165, 1.54) is 16.0 Å². The van der Waals surface area contributed by atoms with Crippen molar-refractivity contribution < 1.29 is 4.74 Å². The molecule has 0 unspecified atom stereocenters. The molecule has 0 fully saturated rings. The molecule has 0 saturated heterocycles. The minimum absolute atomic E-state index is 0.113. The van der Waals surface area contributed by atoms with Gasteiger partial charge in [0.25, 0.3) is 0 Å². The molecule has 0 spiro atoms. The van der Waals surface area contributed by atoms with Gasteiger partial charge in [0.1, 0.15) is 10.6 Å². The van der Waals surface area contributed by atoms with Crippen LogP contribution in [0.1, 0.15) is 42.7 Å². The lowest BCUT2D eigenvalue weighted by Gasteiger charge is -2.33. The van der Waals surface area contributed by atoms with E-state index >= 15 is 0 Å². The number of thioether (sulfide) groups is 1. The average molecular weight is 400 g/mol. The number of nitrogen functional groups attached to an aromatic ring is 1. The van der Waals surface area contributed by atoms with E-state index in [-0.39, 0.29) is 5.60 Å². The van der Waals surface area contributed by atoms with Gasteiger partial charge in [0.2, 0.25) is 0 Å². The highest BCUT2D eigenvalue weighted by molar-refractivity contribution is 7.99. The molecular formula is C21H25N3OS2. The Morgan fingerprint density at radius 3 is 2.85 bits per heavy atom. The summed E-state index contributed by atoms with van der Waals surface area (Å²) in [6, 6.07) is 10.6. The molecule has 1 aliphatic heterocycles. The zero-order chi connectivity index (χ0) is 18.9. The van der Waals surface area contributed by atoms with E-state index in [1.807, 2.05) is 0 Å². The van der Waals surface area contributed by atoms with Crippen molar-refractivity contribution in [3.8, 4) is 0 Å². The number of nitrogens with two attached hydrogens (primary N) is 1. The molecule has 0 radical (unpaired) electrons. The topological polar surface area (TPSA) is 61.0 Å². The van der Waals surface area contributed by atoms with Gasteiger partial charge < -0.3 is 10.5 Å². The number of fused-ring (bicyclic) bond motifs is 3. The zero-order valence-corrected chi connectivity index (χ0v) is 17.5. The van der Waals surface area contributed by atoms with Crippen molar-refractivity contribution in [2.45, 2.75) is 56.9 Å². The minimum Gasteiger partial charge on any atom is -0.383 e. The maximum absolute atomic E-state index is 6.35. The van der Waals surface area contributed by atoms with Crippen LogP contribution in [-0.4, -0.2) is 21.3 Å². The van der Waals surface area contributed by atoms with Crippen molar-refractivity contribution in [2.75, 3.05) is 11.5 Å². The first-order valence-electron chi connectivity index (χ1n) is 9.46. The van der Waals surface area contributed by atoms with Crippen LogP contribution >= 0.6 is 23.1 Å². The van der Waals surface area contributed by atoms with Gasteiger partial charge in [-0.2, -0.15) is 0 Å². The lowest BCUT2D eigenvalue weighted by molar-refractivity contribution is -0.0542. The molecular weight excluding hydrogens is 374 g/mol. The molecule has 142 valence electrons. The van der Waals surface area contributed by atoms with Crippen molar-refractivity contribution in [3.05, 3.63) is 46.3 Å². The molecule has 27 heavy (non-hydrogen) atoms. The maximum atomic E-state index is 6.35. The Balaban J connectivity index is 1.48. The van der Waals surface area contributed by atoms with Crippen LogP contribution in [0.4, 0.5) is 5.82 Å². The Labute approximate surface area is 168 Å². The summed E-state index contributed by atoms with van der Waals surface area (Å²) in [5, 5.41) is 1.83. The summed E-state index contributed by atoms with van der Waals surface area (Å²) < 4.78 is 6.08. The van der Waals surface area contributed by atoms with Crippen LogP contribution in [0.2, 0.25) is 0 Å². The van der Waals surface area contributed by atoms with Gasteiger partial charge in [-0.3, -0.25) is 0 Å². The van der Waals surface area contributed by atoms with Gasteiger partial charge >= 0.3 is 0 Å². The molecule has 0 amide bonds. The van der Waals surface area contributed by atoms with Gasteiger partial charge in [0.05, 0.1) is 17.6 Å². The highest BCUT2D eigenvalue weighted by atomic mass is 32.2. The molecule has 1 atom stereocenters. The SMILES string of the molecule is CC[C@@]1(C)Cc2c(sc3nc(SCCCc4ccccc4)nc(N)c23)CO1. The van der Waals surface area contributed by atoms with Crippen molar-refractivity contribution in [1.29, 1.82) is 0 Å². The van der Waals surface area contributed by atoms with Crippen LogP contribution in [0, 0.1) is 0 Å². The molecule has 3 aromatic rings. The summed E-state index contributed by atoms with van der Waals surface area (Å²) in [6.07, 6.45) is 4.04. The molecule has 3 heterocycles. The molecule has 2 aromatic heterocycles. The van der Waals surface area contributed by atoms with Gasteiger partial charge in [0.15, 0.2) is 5.16 Å². The standard InChI is InChI=1S/C21H25N3OS2/c1-3-21(2)12-15-16(13-25-21)27-19-17(15)18(22)23-20(24-19)26-11-7-10-14-8-5-4-6-9-14/h4-6,8-9H,3,7,10-13H2,1-2H3,(H2,22,23,24)/t21-/m0/s1. The van der Waals surface area contributed by atoms with Crippen LogP contribution in [0.25, 0.3) is 10.2 Å². The second kappa shape index (κ2) is 7.78. The second-order valence-corrected chi connectivity index (χ2v) is 9.43. The van der Waals surface area contributed by atoms with E-state index in [1.54, 1.807) is 23.1 Å². The summed E-state index contributed by atoms with van der Waals surface area (Å²) in [6.45, 7) is 5.00. The first-order valence-corrected chi connectivity index (χ1v) is 11.3. The number of ether oxygens (including phenoxy) is 1. The van der Waals surface area contributed by atoms with Gasteiger partial charge in [-0.05, 0) is 37.3 Å². The van der Waals surface area contributed by atoms with Crippen LogP contribution in [0.3, 0.4) is 0 Å². The smallest absolute Gasteiger partial charge is 0.190 e. The van der Waals surface area contributed by atoms with Gasteiger partial charge in [-0.25, -0.2) is 9.97 Å². The number of hydrogen-bond donors (Lipinski definition) is 1. The first-order chi connectivity index (χ1) is 13.1. The Hall–Kier alpha value is -1.63. The molecule has 4 nitrogen and oxygen atoms in total. The molecule has 4 rings (SSSR count). The molecule has 1 aromatic carbocycles. The summed E-state index contributed by atoms with van der Waals surface area (Å²) in [4.78, 5) is 11.6. The third-order valence-electron chi connectivity index (χ3n) is 5.28.